The first kappa shape index (κ1) is 15.6. The van der Waals surface area contributed by atoms with E-state index in [0.29, 0.717) is 0 Å². The molecule has 1 aliphatic carbocycles. The number of rotatable bonds is 5. The van der Waals surface area contributed by atoms with Gasteiger partial charge in [-0.1, -0.05) is 51.5 Å². The van der Waals surface area contributed by atoms with Crippen LogP contribution in [0.4, 0.5) is 0 Å². The quantitative estimate of drug-likeness (QED) is 0.827. The molecule has 0 saturated heterocycles. The van der Waals surface area contributed by atoms with Gasteiger partial charge in [0.15, 0.2) is 0 Å². The molecule has 1 nitrogen and oxygen atoms in total. The van der Waals surface area contributed by atoms with Gasteiger partial charge in [-0.05, 0) is 61.6 Å². The van der Waals surface area contributed by atoms with Crippen LogP contribution in [0.3, 0.4) is 0 Å². The number of hydrogen-bond acceptors (Lipinski definition) is 1. The molecule has 1 N–H and O–H groups in total. The molecule has 1 aliphatic rings. The maximum absolute atomic E-state index is 3.86. The Bertz CT molecular complexity index is 410. The van der Waals surface area contributed by atoms with E-state index in [1.807, 2.05) is 0 Å². The number of nitrogens with one attached hydrogen (secondary N) is 1. The Morgan fingerprint density at radius 3 is 2.65 bits per heavy atom. The molecule has 1 aromatic carbocycles. The molecule has 0 radical (unpaired) electrons. The minimum atomic E-state index is 0.725. The second-order valence-corrected chi connectivity index (χ2v) is 7.06. The molecule has 3 unspecified atom stereocenters. The van der Waals surface area contributed by atoms with Gasteiger partial charge in [-0.3, -0.25) is 0 Å². The van der Waals surface area contributed by atoms with Crippen molar-refractivity contribution in [2.24, 2.45) is 17.8 Å². The van der Waals surface area contributed by atoms with Crippen LogP contribution in [0, 0.1) is 24.7 Å². The molecule has 0 spiro atoms. The smallest absolute Gasteiger partial charge is 0.0100 e. The van der Waals surface area contributed by atoms with Gasteiger partial charge in [-0.2, -0.15) is 0 Å². The fraction of sp³-hybridized carbons (Fsp3) is 0.684. The molecule has 20 heavy (non-hydrogen) atoms. The summed E-state index contributed by atoms with van der Waals surface area (Å²) in [5, 5.41) is 3.86. The Kier molecular flexibility index (Phi) is 5.65. The topological polar surface area (TPSA) is 12.0 Å². The summed E-state index contributed by atoms with van der Waals surface area (Å²) in [7, 11) is 0. The third-order valence-corrected chi connectivity index (χ3v) is 5.08. The van der Waals surface area contributed by atoms with Crippen LogP contribution in [-0.2, 0) is 6.42 Å². The van der Waals surface area contributed by atoms with Crippen LogP contribution in [-0.4, -0.2) is 12.6 Å². The summed E-state index contributed by atoms with van der Waals surface area (Å²) in [6.07, 6.45) is 5.33. The highest BCUT2D eigenvalue weighted by atomic mass is 14.9. The van der Waals surface area contributed by atoms with Gasteiger partial charge < -0.3 is 5.32 Å². The van der Waals surface area contributed by atoms with E-state index in [1.165, 1.54) is 30.4 Å². The summed E-state index contributed by atoms with van der Waals surface area (Å²) in [4.78, 5) is 0. The highest BCUT2D eigenvalue weighted by molar-refractivity contribution is 5.25. The van der Waals surface area contributed by atoms with Crippen molar-refractivity contribution in [3.8, 4) is 0 Å². The van der Waals surface area contributed by atoms with E-state index in [4.69, 9.17) is 0 Å². The lowest BCUT2D eigenvalue weighted by molar-refractivity contribution is 0.171. The van der Waals surface area contributed by atoms with Crippen molar-refractivity contribution in [2.45, 2.75) is 59.4 Å². The molecule has 1 saturated carbocycles. The van der Waals surface area contributed by atoms with Crippen molar-refractivity contribution in [2.75, 3.05) is 6.54 Å². The second kappa shape index (κ2) is 7.26. The maximum atomic E-state index is 3.86. The van der Waals surface area contributed by atoms with E-state index >= 15 is 0 Å². The average molecular weight is 273 g/mol. The minimum absolute atomic E-state index is 0.725. The van der Waals surface area contributed by atoms with Gasteiger partial charge >= 0.3 is 0 Å². The van der Waals surface area contributed by atoms with Crippen LogP contribution in [0.15, 0.2) is 24.3 Å². The average Bonchev–Trinajstić information content (AvgIpc) is 2.41. The summed E-state index contributed by atoms with van der Waals surface area (Å²) in [6, 6.07) is 9.49. The highest BCUT2D eigenvalue weighted by Gasteiger charge is 2.29. The van der Waals surface area contributed by atoms with E-state index in [-0.39, 0.29) is 0 Å². The second-order valence-electron chi connectivity index (χ2n) is 7.06. The molecule has 112 valence electrons. The van der Waals surface area contributed by atoms with Crippen molar-refractivity contribution in [1.29, 1.82) is 0 Å². The Morgan fingerprint density at radius 2 is 1.95 bits per heavy atom. The van der Waals surface area contributed by atoms with E-state index in [1.54, 1.807) is 0 Å². The molecule has 1 heteroatoms. The third-order valence-electron chi connectivity index (χ3n) is 5.08. The fourth-order valence-corrected chi connectivity index (χ4v) is 3.72. The highest BCUT2D eigenvalue weighted by Crippen LogP contribution is 2.33. The molecule has 3 atom stereocenters. The Morgan fingerprint density at radius 1 is 1.20 bits per heavy atom. The molecular formula is C19H31N. The summed E-state index contributed by atoms with van der Waals surface area (Å²) in [5.41, 5.74) is 2.91. The molecule has 0 aliphatic heterocycles. The summed E-state index contributed by atoms with van der Waals surface area (Å²) in [6.45, 7) is 10.5. The zero-order chi connectivity index (χ0) is 14.5. The summed E-state index contributed by atoms with van der Waals surface area (Å²) in [5.74, 6) is 2.56. The third kappa shape index (κ3) is 4.09. The van der Waals surface area contributed by atoms with Crippen molar-refractivity contribution in [3.63, 3.8) is 0 Å². The lowest BCUT2D eigenvalue weighted by atomic mass is 9.74. The maximum Gasteiger partial charge on any atom is 0.0100 e. The fourth-order valence-electron chi connectivity index (χ4n) is 3.72. The predicted molar refractivity (Wildman–Crippen MR) is 88.0 cm³/mol. The Labute approximate surface area is 125 Å². The molecule has 0 aromatic heterocycles. The monoisotopic (exact) mass is 273 g/mol. The van der Waals surface area contributed by atoms with Crippen molar-refractivity contribution >= 4 is 0 Å². The van der Waals surface area contributed by atoms with Gasteiger partial charge in [0.1, 0.15) is 0 Å². The summed E-state index contributed by atoms with van der Waals surface area (Å²) >= 11 is 0. The lowest BCUT2D eigenvalue weighted by Gasteiger charge is -2.38. The van der Waals surface area contributed by atoms with Crippen molar-refractivity contribution < 1.29 is 0 Å². The predicted octanol–water partition coefficient (Wildman–Crippen LogP) is 4.59. The largest absolute Gasteiger partial charge is 0.313 e. The zero-order valence-electron chi connectivity index (χ0n) is 13.7. The van der Waals surface area contributed by atoms with Crippen LogP contribution in [0.1, 0.15) is 51.2 Å². The standard InChI is InChI=1S/C19H31N/c1-14(2)18-10-9-15(3)13-19(18)20-12-11-17-8-6-5-7-16(17)4/h5-8,14-15,18-20H,9-13H2,1-4H3. The van der Waals surface area contributed by atoms with E-state index < -0.39 is 0 Å². The number of aryl methyl sites for hydroxylation is 1. The zero-order valence-corrected chi connectivity index (χ0v) is 13.7. The van der Waals surface area contributed by atoms with Crippen LogP contribution >= 0.6 is 0 Å². The van der Waals surface area contributed by atoms with Gasteiger partial charge in [0.05, 0.1) is 0 Å². The van der Waals surface area contributed by atoms with Gasteiger partial charge in [0.2, 0.25) is 0 Å². The first-order valence-corrected chi connectivity index (χ1v) is 8.35. The van der Waals surface area contributed by atoms with E-state index in [9.17, 15) is 0 Å². The van der Waals surface area contributed by atoms with Crippen molar-refractivity contribution in [3.05, 3.63) is 35.4 Å². The molecule has 1 aromatic rings. The number of hydrogen-bond donors (Lipinski definition) is 1. The van der Waals surface area contributed by atoms with E-state index in [0.717, 1.165) is 36.8 Å². The van der Waals surface area contributed by atoms with Crippen molar-refractivity contribution in [1.82, 2.24) is 5.32 Å². The van der Waals surface area contributed by atoms with Gasteiger partial charge in [0, 0.05) is 6.04 Å². The van der Waals surface area contributed by atoms with Gasteiger partial charge in [-0.25, -0.2) is 0 Å². The lowest BCUT2D eigenvalue weighted by Crippen LogP contribution is -2.43. The molecule has 0 amide bonds. The van der Waals surface area contributed by atoms with Gasteiger partial charge in [-0.15, -0.1) is 0 Å². The normalized spacial score (nSPS) is 26.9. The van der Waals surface area contributed by atoms with Crippen LogP contribution < -0.4 is 5.32 Å². The van der Waals surface area contributed by atoms with Gasteiger partial charge in [0.25, 0.3) is 0 Å². The first-order valence-electron chi connectivity index (χ1n) is 8.35. The minimum Gasteiger partial charge on any atom is -0.313 e. The SMILES string of the molecule is Cc1ccccc1CCNC1CC(C)CCC1C(C)C. The Balaban J connectivity index is 1.86. The number of benzene rings is 1. The summed E-state index contributed by atoms with van der Waals surface area (Å²) < 4.78 is 0. The van der Waals surface area contributed by atoms with Crippen LogP contribution in [0.5, 0.6) is 0 Å². The van der Waals surface area contributed by atoms with Crippen LogP contribution in [0.25, 0.3) is 0 Å². The van der Waals surface area contributed by atoms with Crippen LogP contribution in [0.2, 0.25) is 0 Å². The molecular weight excluding hydrogens is 242 g/mol. The molecule has 0 heterocycles. The molecule has 1 fully saturated rings. The van der Waals surface area contributed by atoms with E-state index in [2.05, 4.69) is 57.3 Å². The molecule has 2 rings (SSSR count). The first-order chi connectivity index (χ1) is 9.58. The Hall–Kier alpha value is -0.820. The molecule has 0 bridgehead atoms.